The predicted molar refractivity (Wildman–Crippen MR) is 118 cm³/mol. The summed E-state index contributed by atoms with van der Waals surface area (Å²) in [4.78, 5) is 30.8. The molecule has 1 atom stereocenters. The van der Waals surface area contributed by atoms with Crippen LogP contribution in [0.5, 0.6) is 0 Å². The van der Waals surface area contributed by atoms with Crippen molar-refractivity contribution in [2.45, 2.75) is 18.4 Å². The lowest BCUT2D eigenvalue weighted by atomic mass is 10.0. The molecular formula is C24H21N5O4. The maximum Gasteiger partial charge on any atom is 0.359 e. The van der Waals surface area contributed by atoms with E-state index < -0.39 is 11.6 Å². The summed E-state index contributed by atoms with van der Waals surface area (Å²) in [6.07, 6.45) is 2.22. The van der Waals surface area contributed by atoms with Gasteiger partial charge in [0.25, 0.3) is 5.91 Å². The van der Waals surface area contributed by atoms with Crippen molar-refractivity contribution in [1.29, 1.82) is 5.26 Å². The number of aromatic nitrogens is 3. The largest absolute Gasteiger partial charge is 0.464 e. The van der Waals surface area contributed by atoms with Gasteiger partial charge >= 0.3 is 5.97 Å². The quantitative estimate of drug-likeness (QED) is 0.447. The van der Waals surface area contributed by atoms with E-state index in [0.29, 0.717) is 40.8 Å². The van der Waals surface area contributed by atoms with E-state index in [1.54, 1.807) is 48.5 Å². The van der Waals surface area contributed by atoms with E-state index in [1.165, 1.54) is 18.9 Å². The lowest BCUT2D eigenvalue weighted by Gasteiger charge is -2.18. The molecule has 3 heterocycles. The molecule has 166 valence electrons. The van der Waals surface area contributed by atoms with Crippen LogP contribution in [0.25, 0.3) is 16.7 Å². The van der Waals surface area contributed by atoms with E-state index >= 15 is 0 Å². The van der Waals surface area contributed by atoms with Crippen LogP contribution in [0.3, 0.4) is 0 Å². The van der Waals surface area contributed by atoms with E-state index in [-0.39, 0.29) is 18.0 Å². The van der Waals surface area contributed by atoms with Crippen molar-refractivity contribution in [3.8, 4) is 23.6 Å². The molecule has 1 saturated heterocycles. The highest BCUT2D eigenvalue weighted by Gasteiger charge is 2.44. The number of nitrogens with zero attached hydrogens (tertiary/aromatic N) is 5. The molecule has 33 heavy (non-hydrogen) atoms. The minimum atomic E-state index is -1.20. The molecule has 0 aliphatic carbocycles. The number of amides is 1. The van der Waals surface area contributed by atoms with Gasteiger partial charge in [0.1, 0.15) is 0 Å². The van der Waals surface area contributed by atoms with Gasteiger partial charge < -0.3 is 14.4 Å². The second-order valence-corrected chi connectivity index (χ2v) is 7.61. The first-order valence-corrected chi connectivity index (χ1v) is 10.2. The van der Waals surface area contributed by atoms with Crippen LogP contribution in [-0.4, -0.2) is 65.0 Å². The first-order chi connectivity index (χ1) is 15.9. The number of pyridine rings is 1. The summed E-state index contributed by atoms with van der Waals surface area (Å²) in [5.41, 5.74) is 1.27. The maximum absolute atomic E-state index is 12.6. The fourth-order valence-corrected chi connectivity index (χ4v) is 3.81. The van der Waals surface area contributed by atoms with Crippen molar-refractivity contribution >= 4 is 22.9 Å². The number of nitriles is 1. The van der Waals surface area contributed by atoms with Crippen LogP contribution in [-0.2, 0) is 20.7 Å². The predicted octanol–water partition coefficient (Wildman–Crippen LogP) is 1.87. The van der Waals surface area contributed by atoms with Gasteiger partial charge in [0.15, 0.2) is 11.3 Å². The molecule has 9 nitrogen and oxygen atoms in total. The molecule has 2 aromatic heterocycles. The Balaban J connectivity index is 1.85. The first kappa shape index (κ1) is 22.0. The summed E-state index contributed by atoms with van der Waals surface area (Å²) in [5, 5.41) is 14.2. The van der Waals surface area contributed by atoms with Gasteiger partial charge in [-0.15, -0.1) is 0 Å². The zero-order chi connectivity index (χ0) is 23.6. The molecule has 1 fully saturated rings. The van der Waals surface area contributed by atoms with Gasteiger partial charge in [-0.25, -0.2) is 14.5 Å². The lowest BCUT2D eigenvalue weighted by Crippen LogP contribution is -2.39. The molecule has 0 bridgehead atoms. The van der Waals surface area contributed by atoms with E-state index in [9.17, 15) is 14.9 Å². The Morgan fingerprint density at radius 1 is 1.30 bits per heavy atom. The fraction of sp³-hybridized carbons (Fsp3) is 0.292. The summed E-state index contributed by atoms with van der Waals surface area (Å²) < 4.78 is 11.9. The van der Waals surface area contributed by atoms with Crippen molar-refractivity contribution < 1.29 is 19.1 Å². The number of hydrogen-bond donors (Lipinski definition) is 0. The maximum atomic E-state index is 12.6. The molecule has 1 amide bonds. The number of methoxy groups -OCH3 is 2. The van der Waals surface area contributed by atoms with Crippen molar-refractivity contribution in [2.75, 3.05) is 27.8 Å². The van der Waals surface area contributed by atoms with Gasteiger partial charge in [0.05, 0.1) is 30.7 Å². The van der Waals surface area contributed by atoms with Gasteiger partial charge in [-0.1, -0.05) is 11.8 Å². The Hall–Kier alpha value is -4.21. The Labute approximate surface area is 190 Å². The van der Waals surface area contributed by atoms with Crippen LogP contribution in [0.2, 0.25) is 0 Å². The zero-order valence-electron chi connectivity index (χ0n) is 18.5. The smallest absolute Gasteiger partial charge is 0.359 e. The molecule has 4 rings (SSSR count). The van der Waals surface area contributed by atoms with Crippen LogP contribution in [0.4, 0.5) is 0 Å². The Kier molecular flexibility index (Phi) is 5.82. The van der Waals surface area contributed by atoms with Gasteiger partial charge in [-0.2, -0.15) is 10.4 Å². The highest BCUT2D eigenvalue weighted by Crippen LogP contribution is 2.26. The van der Waals surface area contributed by atoms with Gasteiger partial charge in [-0.05, 0) is 35.9 Å². The minimum absolute atomic E-state index is 0.136. The van der Waals surface area contributed by atoms with Crippen LogP contribution in [0.1, 0.15) is 28.0 Å². The summed E-state index contributed by atoms with van der Waals surface area (Å²) in [6, 6.07) is 10.9. The number of likely N-dealkylation sites (N-methyl/N-ethyl adjacent to an activating group) is 1. The van der Waals surface area contributed by atoms with Crippen LogP contribution >= 0.6 is 0 Å². The highest BCUT2D eigenvalue weighted by molar-refractivity contribution is 6.01. The number of likely N-dealkylation sites (tertiary alicyclic amines) is 1. The summed E-state index contributed by atoms with van der Waals surface area (Å²) in [6.45, 7) is 0.558. The molecule has 0 radical (unpaired) electrons. The molecule has 0 spiro atoms. The molecule has 1 aliphatic heterocycles. The molecule has 1 aromatic carbocycles. The molecule has 1 aliphatic rings. The summed E-state index contributed by atoms with van der Waals surface area (Å²) in [5.74, 6) is 5.27. The highest BCUT2D eigenvalue weighted by atomic mass is 16.5. The van der Waals surface area contributed by atoms with E-state index in [2.05, 4.69) is 28.0 Å². The van der Waals surface area contributed by atoms with Gasteiger partial charge in [0, 0.05) is 38.9 Å². The normalized spacial score (nSPS) is 17.5. The Bertz CT molecular complexity index is 1360. The van der Waals surface area contributed by atoms with Crippen molar-refractivity contribution in [2.24, 2.45) is 0 Å². The number of benzene rings is 1. The minimum Gasteiger partial charge on any atom is -0.464 e. The lowest BCUT2D eigenvalue weighted by molar-refractivity contribution is -0.139. The van der Waals surface area contributed by atoms with Crippen molar-refractivity contribution in [3.63, 3.8) is 0 Å². The van der Waals surface area contributed by atoms with Crippen molar-refractivity contribution in [1.82, 2.24) is 19.7 Å². The molecule has 0 N–H and O–H groups in total. The van der Waals surface area contributed by atoms with Crippen molar-refractivity contribution in [3.05, 3.63) is 53.3 Å². The van der Waals surface area contributed by atoms with Crippen LogP contribution in [0, 0.1) is 23.2 Å². The molecule has 3 aromatic rings. The molecule has 9 heteroatoms. The second kappa shape index (κ2) is 8.73. The average Bonchev–Trinajstić information content (AvgIpc) is 3.36. The van der Waals surface area contributed by atoms with Gasteiger partial charge in [0.2, 0.25) is 5.60 Å². The monoisotopic (exact) mass is 443 g/mol. The summed E-state index contributed by atoms with van der Waals surface area (Å²) >= 11 is 0. The number of ether oxygens (including phenoxy) is 2. The number of rotatable bonds is 4. The molecule has 0 unspecified atom stereocenters. The topological polar surface area (TPSA) is 110 Å². The van der Waals surface area contributed by atoms with E-state index in [1.807, 2.05) is 0 Å². The fourth-order valence-electron chi connectivity index (χ4n) is 3.81. The third-order valence-electron chi connectivity index (χ3n) is 5.58. The molecular weight excluding hydrogens is 422 g/mol. The Morgan fingerprint density at radius 3 is 2.79 bits per heavy atom. The average molecular weight is 443 g/mol. The third-order valence-corrected chi connectivity index (χ3v) is 5.58. The second-order valence-electron chi connectivity index (χ2n) is 7.61. The summed E-state index contributed by atoms with van der Waals surface area (Å²) in [7, 11) is 4.47. The SMILES string of the molecule is COC(=O)c1nn(-c2cc(C#C[C@]3(OC)CCN(C)C3=O)cc(CC#N)c2)c2ncccc12. The Morgan fingerprint density at radius 2 is 2.12 bits per heavy atom. The number of carbonyl (C=O) groups excluding carboxylic acids is 2. The third kappa shape index (κ3) is 3.91. The number of esters is 1. The van der Waals surface area contributed by atoms with Crippen LogP contribution in [0.15, 0.2) is 36.5 Å². The number of carbonyl (C=O) groups is 2. The van der Waals surface area contributed by atoms with Gasteiger partial charge in [-0.3, -0.25) is 4.79 Å². The van der Waals surface area contributed by atoms with E-state index in [0.717, 1.165) is 0 Å². The number of hydrogen-bond acceptors (Lipinski definition) is 7. The van der Waals surface area contributed by atoms with E-state index in [4.69, 9.17) is 9.47 Å². The standard InChI is InChI=1S/C24H21N5O4/c1-28-12-9-24(33-3,23(28)31)8-6-16-13-17(7-10-25)15-18(14-16)29-21-19(5-4-11-26-21)20(27-29)22(30)32-2/h4-5,11,13-15H,7,9,12H2,1-3H3/t24-/m0/s1. The number of fused-ring (bicyclic) bond motifs is 1. The molecule has 0 saturated carbocycles. The zero-order valence-corrected chi connectivity index (χ0v) is 18.5. The first-order valence-electron chi connectivity index (χ1n) is 10.2. The van der Waals surface area contributed by atoms with Crippen LogP contribution < -0.4 is 0 Å².